The van der Waals surface area contributed by atoms with E-state index in [-0.39, 0.29) is 5.91 Å². The normalized spacial score (nSPS) is 16.5. The van der Waals surface area contributed by atoms with Crippen LogP contribution in [0.15, 0.2) is 35.3 Å². The summed E-state index contributed by atoms with van der Waals surface area (Å²) >= 11 is 6.04. The van der Waals surface area contributed by atoms with Gasteiger partial charge in [-0.15, -0.1) is 6.58 Å². The van der Waals surface area contributed by atoms with Crippen molar-refractivity contribution >= 4 is 28.5 Å². The van der Waals surface area contributed by atoms with Gasteiger partial charge in [-0.05, 0) is 31.5 Å². The molecule has 1 aromatic carbocycles. The fraction of sp³-hybridized carbons (Fsp3) is 0.389. The fourth-order valence-electron chi connectivity index (χ4n) is 3.08. The zero-order valence-corrected chi connectivity index (χ0v) is 14.1. The molecule has 1 fully saturated rings. The molecule has 4 nitrogen and oxygen atoms in total. The molecule has 0 radical (unpaired) electrons. The van der Waals surface area contributed by atoms with Crippen molar-refractivity contribution in [3.63, 3.8) is 0 Å². The van der Waals surface area contributed by atoms with Crippen molar-refractivity contribution in [1.29, 1.82) is 0 Å². The molecule has 1 amide bonds. The quantitative estimate of drug-likeness (QED) is 0.804. The smallest absolute Gasteiger partial charge is 0.289 e. The summed E-state index contributed by atoms with van der Waals surface area (Å²) in [5, 5.41) is 1.55. The van der Waals surface area contributed by atoms with Crippen molar-refractivity contribution in [2.24, 2.45) is 0 Å². The van der Waals surface area contributed by atoms with Gasteiger partial charge in [0.15, 0.2) is 5.76 Å². The standard InChI is InChI=1S/C18H21ClN2O2/c1-3-7-20-8-4-9-21(11-10-20)18(22)17-13(2)15-12-14(19)5-6-16(15)23-17/h3,5-6,12H,1,4,7-11H2,2H3. The van der Waals surface area contributed by atoms with Gasteiger partial charge in [0.25, 0.3) is 5.91 Å². The number of rotatable bonds is 3. The van der Waals surface area contributed by atoms with Crippen LogP contribution in [0.1, 0.15) is 22.5 Å². The highest BCUT2D eigenvalue weighted by molar-refractivity contribution is 6.31. The van der Waals surface area contributed by atoms with Crippen LogP contribution in [0.3, 0.4) is 0 Å². The summed E-state index contributed by atoms with van der Waals surface area (Å²) in [6.07, 6.45) is 2.87. The monoisotopic (exact) mass is 332 g/mol. The van der Waals surface area contributed by atoms with Gasteiger partial charge in [-0.3, -0.25) is 9.69 Å². The number of nitrogens with zero attached hydrogens (tertiary/aromatic N) is 2. The van der Waals surface area contributed by atoms with Crippen molar-refractivity contribution in [3.8, 4) is 0 Å². The number of furan rings is 1. The molecule has 1 saturated heterocycles. The average molecular weight is 333 g/mol. The summed E-state index contributed by atoms with van der Waals surface area (Å²) in [5.74, 6) is 0.398. The van der Waals surface area contributed by atoms with Gasteiger partial charge in [0.1, 0.15) is 5.58 Å². The number of fused-ring (bicyclic) bond motifs is 1. The van der Waals surface area contributed by atoms with E-state index in [0.29, 0.717) is 22.9 Å². The molecule has 5 heteroatoms. The highest BCUT2D eigenvalue weighted by Gasteiger charge is 2.25. The second kappa shape index (κ2) is 6.77. The molecule has 1 aliphatic heterocycles. The van der Waals surface area contributed by atoms with Crippen LogP contribution in [-0.4, -0.2) is 48.4 Å². The Hall–Kier alpha value is -1.78. The Balaban J connectivity index is 1.83. The lowest BCUT2D eigenvalue weighted by atomic mass is 10.1. The third-order valence-electron chi connectivity index (χ3n) is 4.36. The van der Waals surface area contributed by atoms with E-state index in [1.54, 1.807) is 6.07 Å². The Labute approximate surface area is 141 Å². The fourth-order valence-corrected chi connectivity index (χ4v) is 3.25. The van der Waals surface area contributed by atoms with E-state index < -0.39 is 0 Å². The van der Waals surface area contributed by atoms with Crippen LogP contribution in [-0.2, 0) is 0 Å². The van der Waals surface area contributed by atoms with Crippen LogP contribution in [0, 0.1) is 6.92 Å². The first-order valence-electron chi connectivity index (χ1n) is 7.91. The summed E-state index contributed by atoms with van der Waals surface area (Å²) in [7, 11) is 0. The minimum atomic E-state index is -0.0322. The van der Waals surface area contributed by atoms with Gasteiger partial charge in [-0.1, -0.05) is 17.7 Å². The summed E-state index contributed by atoms with van der Waals surface area (Å²) < 4.78 is 5.80. The lowest BCUT2D eigenvalue weighted by Crippen LogP contribution is -2.35. The summed E-state index contributed by atoms with van der Waals surface area (Å²) in [5.41, 5.74) is 1.57. The van der Waals surface area contributed by atoms with Gasteiger partial charge in [0.2, 0.25) is 0 Å². The highest BCUT2D eigenvalue weighted by Crippen LogP contribution is 2.28. The summed E-state index contributed by atoms with van der Waals surface area (Å²) in [6, 6.07) is 5.44. The number of benzene rings is 1. The van der Waals surface area contributed by atoms with Crippen LogP contribution >= 0.6 is 11.6 Å². The minimum absolute atomic E-state index is 0.0322. The molecule has 0 unspecified atom stereocenters. The Morgan fingerprint density at radius 2 is 2.17 bits per heavy atom. The molecule has 0 saturated carbocycles. The second-order valence-corrected chi connectivity index (χ2v) is 6.37. The number of aryl methyl sites for hydroxylation is 1. The van der Waals surface area contributed by atoms with Gasteiger partial charge in [0, 0.05) is 48.7 Å². The number of carbonyl (C=O) groups is 1. The Kier molecular flexibility index (Phi) is 4.74. The van der Waals surface area contributed by atoms with E-state index in [0.717, 1.165) is 43.5 Å². The molecular weight excluding hydrogens is 312 g/mol. The molecular formula is C18H21ClN2O2. The molecule has 2 aromatic rings. The maximum absolute atomic E-state index is 12.9. The van der Waals surface area contributed by atoms with E-state index in [4.69, 9.17) is 16.0 Å². The average Bonchev–Trinajstić information content (AvgIpc) is 2.72. The van der Waals surface area contributed by atoms with Crippen LogP contribution in [0.2, 0.25) is 5.02 Å². The van der Waals surface area contributed by atoms with Crippen LogP contribution < -0.4 is 0 Å². The highest BCUT2D eigenvalue weighted by atomic mass is 35.5. The summed E-state index contributed by atoms with van der Waals surface area (Å²) in [6.45, 7) is 9.88. The van der Waals surface area contributed by atoms with E-state index in [9.17, 15) is 4.79 Å². The number of hydrogen-bond acceptors (Lipinski definition) is 3. The third-order valence-corrected chi connectivity index (χ3v) is 4.59. The number of hydrogen-bond donors (Lipinski definition) is 0. The molecule has 2 heterocycles. The van der Waals surface area contributed by atoms with Crippen LogP contribution in [0.4, 0.5) is 0 Å². The Morgan fingerprint density at radius 3 is 2.96 bits per heavy atom. The SMILES string of the molecule is C=CCN1CCCN(C(=O)c2oc3ccc(Cl)cc3c2C)CC1. The number of amides is 1. The minimum Gasteiger partial charge on any atom is -0.451 e. The predicted octanol–water partition coefficient (Wildman–Crippen LogP) is 3.73. The molecule has 23 heavy (non-hydrogen) atoms. The van der Waals surface area contributed by atoms with E-state index in [2.05, 4.69) is 11.5 Å². The Bertz CT molecular complexity index is 738. The van der Waals surface area contributed by atoms with Crippen molar-refractivity contribution in [2.45, 2.75) is 13.3 Å². The van der Waals surface area contributed by atoms with E-state index >= 15 is 0 Å². The molecule has 0 N–H and O–H groups in total. The van der Waals surface area contributed by atoms with E-state index in [1.165, 1.54) is 0 Å². The first-order chi connectivity index (χ1) is 11.1. The van der Waals surface area contributed by atoms with Crippen LogP contribution in [0.5, 0.6) is 0 Å². The molecule has 1 aromatic heterocycles. The second-order valence-electron chi connectivity index (χ2n) is 5.93. The van der Waals surface area contributed by atoms with Crippen molar-refractivity contribution in [1.82, 2.24) is 9.80 Å². The van der Waals surface area contributed by atoms with Gasteiger partial charge in [-0.2, -0.15) is 0 Å². The zero-order chi connectivity index (χ0) is 16.4. The largest absolute Gasteiger partial charge is 0.451 e. The molecule has 0 bridgehead atoms. The van der Waals surface area contributed by atoms with Gasteiger partial charge >= 0.3 is 0 Å². The molecule has 0 spiro atoms. The lowest BCUT2D eigenvalue weighted by molar-refractivity contribution is 0.0731. The van der Waals surface area contributed by atoms with Crippen LogP contribution in [0.25, 0.3) is 11.0 Å². The van der Waals surface area contributed by atoms with E-state index in [1.807, 2.05) is 30.0 Å². The predicted molar refractivity (Wildman–Crippen MR) is 93.1 cm³/mol. The molecule has 3 rings (SSSR count). The maximum atomic E-state index is 12.9. The third kappa shape index (κ3) is 3.28. The topological polar surface area (TPSA) is 36.7 Å². The van der Waals surface area contributed by atoms with Gasteiger partial charge in [-0.25, -0.2) is 0 Å². The van der Waals surface area contributed by atoms with Crippen molar-refractivity contribution < 1.29 is 9.21 Å². The number of carbonyl (C=O) groups excluding carboxylic acids is 1. The maximum Gasteiger partial charge on any atom is 0.289 e. The summed E-state index contributed by atoms with van der Waals surface area (Å²) in [4.78, 5) is 17.0. The van der Waals surface area contributed by atoms with Gasteiger partial charge < -0.3 is 9.32 Å². The van der Waals surface area contributed by atoms with Crippen molar-refractivity contribution in [3.05, 3.63) is 47.2 Å². The zero-order valence-electron chi connectivity index (χ0n) is 13.3. The first-order valence-corrected chi connectivity index (χ1v) is 8.29. The molecule has 122 valence electrons. The molecule has 0 aliphatic carbocycles. The Morgan fingerprint density at radius 1 is 1.35 bits per heavy atom. The number of halogens is 1. The molecule has 1 aliphatic rings. The van der Waals surface area contributed by atoms with Gasteiger partial charge in [0.05, 0.1) is 0 Å². The molecule has 0 atom stereocenters. The first kappa shape index (κ1) is 16.1. The van der Waals surface area contributed by atoms with Crippen molar-refractivity contribution in [2.75, 3.05) is 32.7 Å². The lowest BCUT2D eigenvalue weighted by Gasteiger charge is -2.20.